The van der Waals surface area contributed by atoms with E-state index >= 15 is 0 Å². The molecule has 1 aromatic heterocycles. The van der Waals surface area contributed by atoms with E-state index in [2.05, 4.69) is 11.9 Å². The zero-order chi connectivity index (χ0) is 18.6. The van der Waals surface area contributed by atoms with Gasteiger partial charge < -0.3 is 4.55 Å². The van der Waals surface area contributed by atoms with Gasteiger partial charge in [-0.2, -0.15) is 0 Å². The lowest BCUT2D eigenvalue weighted by atomic mass is 9.49. The maximum atomic E-state index is 10.8. The highest BCUT2D eigenvalue weighted by Gasteiger charge is 2.51. The molecule has 3 aliphatic rings. The van der Waals surface area contributed by atoms with Gasteiger partial charge >= 0.3 is 0 Å². The summed E-state index contributed by atoms with van der Waals surface area (Å²) >= 11 is 0. The quantitative estimate of drug-likeness (QED) is 0.577. The number of aromatic amines is 1. The van der Waals surface area contributed by atoms with E-state index in [1.165, 1.54) is 38.5 Å². The normalized spacial score (nSPS) is 36.8. The summed E-state index contributed by atoms with van der Waals surface area (Å²) in [4.78, 5) is 2.89. The van der Waals surface area contributed by atoms with Crippen LogP contribution in [-0.4, -0.2) is 19.1 Å². The Hall–Kier alpha value is -0.980. The fourth-order valence-corrected chi connectivity index (χ4v) is 6.26. The van der Waals surface area contributed by atoms with Crippen LogP contribution in [-0.2, 0) is 14.6 Å². The molecule has 0 saturated heterocycles. The maximum absolute atomic E-state index is 10.8. The molecule has 5 atom stereocenters. The molecule has 5 nitrogen and oxygen atoms in total. The second-order valence-electron chi connectivity index (χ2n) is 8.41. The standard InChI is InChI=1S/C15H26O4S.C5H5N/c1-15-9-8-13(19-20(16,17)18)10-12(15)7-6-11-4-2-3-5-14(11)15;1-2-4-6-5-3-1/h11-14H,2-10H2,1H3,(H,16,17,18);1-5H/t11-,12-,13-,14+,15+;/m1./s1. The molecule has 0 bridgehead atoms. The van der Waals surface area contributed by atoms with Gasteiger partial charge in [0.05, 0.1) is 6.10 Å². The third-order valence-corrected chi connectivity index (χ3v) is 7.50. The summed E-state index contributed by atoms with van der Waals surface area (Å²) in [6.07, 6.45) is 13.7. The average molecular weight is 382 g/mol. The molecule has 3 saturated carbocycles. The topological polar surface area (TPSA) is 80.6 Å². The first-order valence-corrected chi connectivity index (χ1v) is 11.3. The van der Waals surface area contributed by atoms with Crippen LogP contribution in [0.2, 0.25) is 0 Å². The van der Waals surface area contributed by atoms with Crippen molar-refractivity contribution < 1.29 is 22.1 Å². The van der Waals surface area contributed by atoms with E-state index in [0.717, 1.165) is 31.1 Å². The average Bonchev–Trinajstić information content (AvgIpc) is 2.63. The molecule has 1 aromatic rings. The van der Waals surface area contributed by atoms with Gasteiger partial charge in [-0.15, -0.1) is 0 Å². The zero-order valence-corrected chi connectivity index (χ0v) is 16.4. The Morgan fingerprint density at radius 2 is 1.77 bits per heavy atom. The van der Waals surface area contributed by atoms with Crippen molar-refractivity contribution in [2.75, 3.05) is 0 Å². The minimum absolute atomic E-state index is 0.343. The van der Waals surface area contributed by atoms with E-state index in [1.807, 2.05) is 30.6 Å². The number of fused-ring (bicyclic) bond motifs is 3. The number of hydrogen-bond acceptors (Lipinski definition) is 4. The third-order valence-electron chi connectivity index (χ3n) is 6.99. The van der Waals surface area contributed by atoms with Crippen LogP contribution < -0.4 is 4.98 Å². The number of H-pyrrole nitrogens is 1. The van der Waals surface area contributed by atoms with Gasteiger partial charge in [0.1, 0.15) is 0 Å². The first kappa shape index (κ1) is 19.8. The Bertz CT molecular complexity index is 639. The molecule has 0 aliphatic heterocycles. The summed E-state index contributed by atoms with van der Waals surface area (Å²) in [5.74, 6) is 2.22. The van der Waals surface area contributed by atoms with Gasteiger partial charge in [-0.1, -0.05) is 32.3 Å². The highest BCUT2D eigenvalue weighted by molar-refractivity contribution is 7.80. The highest BCUT2D eigenvalue weighted by Crippen LogP contribution is 2.59. The van der Waals surface area contributed by atoms with Crippen molar-refractivity contribution in [2.45, 2.75) is 70.8 Å². The maximum Gasteiger partial charge on any atom is 0.217 e. The van der Waals surface area contributed by atoms with Crippen molar-refractivity contribution in [3.05, 3.63) is 30.6 Å². The zero-order valence-electron chi connectivity index (χ0n) is 15.6. The van der Waals surface area contributed by atoms with Crippen molar-refractivity contribution in [3.8, 4) is 0 Å². The third kappa shape index (κ3) is 4.84. The SMILES string of the molecule is C[C@]12CC[C@@H](OS(=O)(=O)[O-])C[C@H]1CC[C@H]1CCCC[C@@H]12.c1cc[nH+]cc1. The van der Waals surface area contributed by atoms with Crippen LogP contribution in [0.5, 0.6) is 0 Å². The number of rotatable bonds is 2. The van der Waals surface area contributed by atoms with Crippen LogP contribution in [0, 0.1) is 23.2 Å². The Morgan fingerprint density at radius 1 is 1.04 bits per heavy atom. The fraction of sp³-hybridized carbons (Fsp3) is 0.750. The van der Waals surface area contributed by atoms with Gasteiger partial charge in [0.15, 0.2) is 12.4 Å². The van der Waals surface area contributed by atoms with E-state index in [1.54, 1.807) is 0 Å². The van der Waals surface area contributed by atoms with E-state index in [-0.39, 0.29) is 6.10 Å². The van der Waals surface area contributed by atoms with Crippen molar-refractivity contribution in [1.82, 2.24) is 0 Å². The lowest BCUT2D eigenvalue weighted by Crippen LogP contribution is -2.49. The van der Waals surface area contributed by atoms with Gasteiger partial charge in [0.2, 0.25) is 10.4 Å². The van der Waals surface area contributed by atoms with E-state index in [9.17, 15) is 13.0 Å². The molecular weight excluding hydrogens is 350 g/mol. The Balaban J connectivity index is 0.000000278. The molecule has 0 aromatic carbocycles. The molecule has 0 unspecified atom stereocenters. The van der Waals surface area contributed by atoms with Crippen LogP contribution >= 0.6 is 0 Å². The molecular formula is C20H31NO4S. The van der Waals surface area contributed by atoms with Gasteiger partial charge in [-0.05, 0) is 61.7 Å². The van der Waals surface area contributed by atoms with Crippen LogP contribution in [0.3, 0.4) is 0 Å². The summed E-state index contributed by atoms with van der Waals surface area (Å²) in [6.45, 7) is 2.40. The fourth-order valence-electron chi connectivity index (χ4n) is 5.75. The van der Waals surface area contributed by atoms with Gasteiger partial charge in [0, 0.05) is 12.1 Å². The van der Waals surface area contributed by atoms with Gasteiger partial charge in [0.25, 0.3) is 0 Å². The Morgan fingerprint density at radius 3 is 2.38 bits per heavy atom. The minimum atomic E-state index is -4.55. The second-order valence-corrected chi connectivity index (χ2v) is 9.42. The van der Waals surface area contributed by atoms with Crippen LogP contribution in [0.25, 0.3) is 0 Å². The predicted molar refractivity (Wildman–Crippen MR) is 97.7 cm³/mol. The number of aromatic nitrogens is 1. The predicted octanol–water partition coefficient (Wildman–Crippen LogP) is 3.74. The molecule has 26 heavy (non-hydrogen) atoms. The number of pyridine rings is 1. The lowest BCUT2D eigenvalue weighted by Gasteiger charge is -2.56. The van der Waals surface area contributed by atoms with Gasteiger partial charge in [-0.3, -0.25) is 4.18 Å². The van der Waals surface area contributed by atoms with Crippen LogP contribution in [0.4, 0.5) is 0 Å². The summed E-state index contributed by atoms with van der Waals surface area (Å²) < 4.78 is 37.1. The molecule has 0 amide bonds. The summed E-state index contributed by atoms with van der Waals surface area (Å²) in [5, 5.41) is 0. The van der Waals surface area contributed by atoms with Crippen molar-refractivity contribution >= 4 is 10.4 Å². The summed E-state index contributed by atoms with van der Waals surface area (Å²) in [6, 6.07) is 5.86. The molecule has 146 valence electrons. The molecule has 1 N–H and O–H groups in total. The van der Waals surface area contributed by atoms with Crippen LogP contribution in [0.1, 0.15) is 64.7 Å². The summed E-state index contributed by atoms with van der Waals surface area (Å²) in [5.41, 5.74) is 0.343. The van der Waals surface area contributed by atoms with Crippen molar-refractivity contribution in [2.24, 2.45) is 23.2 Å². The van der Waals surface area contributed by atoms with Crippen LogP contribution in [0.15, 0.2) is 30.6 Å². The molecule has 3 fully saturated rings. The molecule has 1 heterocycles. The van der Waals surface area contributed by atoms with E-state index < -0.39 is 10.4 Å². The van der Waals surface area contributed by atoms with E-state index in [0.29, 0.717) is 11.3 Å². The Labute approximate surface area is 157 Å². The highest BCUT2D eigenvalue weighted by atomic mass is 32.3. The first-order valence-electron chi connectivity index (χ1n) is 9.94. The molecule has 0 spiro atoms. The minimum Gasteiger partial charge on any atom is -0.726 e. The van der Waals surface area contributed by atoms with Gasteiger partial charge in [-0.25, -0.2) is 13.4 Å². The number of hydrogen-bond donors (Lipinski definition) is 0. The Kier molecular flexibility index (Phi) is 6.36. The second kappa shape index (κ2) is 8.36. The smallest absolute Gasteiger partial charge is 0.217 e. The number of nitrogens with one attached hydrogen (secondary N) is 1. The molecule has 3 aliphatic carbocycles. The molecule has 4 rings (SSSR count). The van der Waals surface area contributed by atoms with Crippen molar-refractivity contribution in [3.63, 3.8) is 0 Å². The first-order chi connectivity index (χ1) is 12.4. The van der Waals surface area contributed by atoms with Crippen molar-refractivity contribution in [1.29, 1.82) is 0 Å². The lowest BCUT2D eigenvalue weighted by molar-refractivity contribution is -0.377. The molecule has 6 heteroatoms. The largest absolute Gasteiger partial charge is 0.726 e. The van der Waals surface area contributed by atoms with E-state index in [4.69, 9.17) is 4.18 Å². The molecule has 0 radical (unpaired) electrons. The summed E-state index contributed by atoms with van der Waals surface area (Å²) in [7, 11) is -4.55. The monoisotopic (exact) mass is 381 g/mol.